The summed E-state index contributed by atoms with van der Waals surface area (Å²) in [5.41, 5.74) is 2.12. The molecule has 142 valence electrons. The zero-order chi connectivity index (χ0) is 21.1. The van der Waals surface area contributed by atoms with Crippen LogP contribution in [0, 0.1) is 45.3 Å². The second-order valence-electron chi connectivity index (χ2n) is 6.50. The highest BCUT2D eigenvalue weighted by Crippen LogP contribution is 2.24. The number of hydrogen-bond acceptors (Lipinski definition) is 5. The van der Waals surface area contributed by atoms with Gasteiger partial charge in [-0.2, -0.15) is 21.0 Å². The van der Waals surface area contributed by atoms with Crippen LogP contribution in [0.4, 0.5) is 0 Å². The largest absolute Gasteiger partial charge is 0.192 e. The topological polar surface area (TPSA) is 95.2 Å². The SMILES string of the molecule is CCCCCCc1csc(C(C=C(C#N)C#N)=c2ccc(=C(C#N)C#N)cc2)c1. The second-order valence-corrected chi connectivity index (χ2v) is 7.41. The first-order chi connectivity index (χ1) is 14.2. The van der Waals surface area contributed by atoms with Crippen molar-refractivity contribution in [2.45, 2.75) is 39.0 Å². The molecule has 4 nitrogen and oxygen atoms in total. The van der Waals surface area contributed by atoms with Gasteiger partial charge in [0.05, 0.1) is 0 Å². The molecule has 2 rings (SSSR count). The van der Waals surface area contributed by atoms with Crippen molar-refractivity contribution in [1.29, 1.82) is 21.0 Å². The van der Waals surface area contributed by atoms with Gasteiger partial charge >= 0.3 is 0 Å². The van der Waals surface area contributed by atoms with E-state index in [9.17, 15) is 10.5 Å². The third-order valence-corrected chi connectivity index (χ3v) is 5.49. The Hall–Kier alpha value is -3.64. The van der Waals surface area contributed by atoms with Gasteiger partial charge in [0.25, 0.3) is 0 Å². The normalized spacial score (nSPS) is 9.41. The smallest absolute Gasteiger partial charge is 0.136 e. The Morgan fingerprint density at radius 3 is 2.14 bits per heavy atom. The third-order valence-electron chi connectivity index (χ3n) is 4.48. The van der Waals surface area contributed by atoms with Gasteiger partial charge in [-0.3, -0.25) is 0 Å². The van der Waals surface area contributed by atoms with E-state index in [4.69, 9.17) is 10.5 Å². The van der Waals surface area contributed by atoms with Crippen molar-refractivity contribution in [3.63, 3.8) is 0 Å². The first-order valence-electron chi connectivity index (χ1n) is 9.41. The van der Waals surface area contributed by atoms with Gasteiger partial charge in [-0.15, -0.1) is 11.3 Å². The maximum Gasteiger partial charge on any atom is 0.136 e. The molecule has 0 saturated carbocycles. The van der Waals surface area contributed by atoms with Crippen molar-refractivity contribution in [2.75, 3.05) is 0 Å². The number of nitrogens with zero attached hydrogens (tertiary/aromatic N) is 4. The van der Waals surface area contributed by atoms with Crippen LogP contribution in [0.15, 0.2) is 47.4 Å². The van der Waals surface area contributed by atoms with Crippen molar-refractivity contribution < 1.29 is 0 Å². The number of allylic oxidation sites excluding steroid dienone is 2. The fraction of sp³-hybridized carbons (Fsp3) is 0.250. The molecule has 1 aromatic carbocycles. The summed E-state index contributed by atoms with van der Waals surface area (Å²) in [6.45, 7) is 2.19. The second kappa shape index (κ2) is 11.3. The molecule has 0 aliphatic rings. The number of benzene rings is 1. The van der Waals surface area contributed by atoms with Gasteiger partial charge in [-0.05, 0) is 41.1 Å². The summed E-state index contributed by atoms with van der Waals surface area (Å²) < 4.78 is 0. The van der Waals surface area contributed by atoms with Crippen molar-refractivity contribution in [3.8, 4) is 24.3 Å². The maximum absolute atomic E-state index is 9.20. The highest BCUT2D eigenvalue weighted by Gasteiger charge is 2.07. The summed E-state index contributed by atoms with van der Waals surface area (Å²) in [5.74, 6) is 0. The van der Waals surface area contributed by atoms with Crippen molar-refractivity contribution in [2.24, 2.45) is 0 Å². The lowest BCUT2D eigenvalue weighted by atomic mass is 10.0. The molecule has 0 radical (unpaired) electrons. The summed E-state index contributed by atoms with van der Waals surface area (Å²) >= 11 is 1.59. The monoisotopic (exact) mass is 396 g/mol. The summed E-state index contributed by atoms with van der Waals surface area (Å²) in [5, 5.41) is 39.9. The zero-order valence-electron chi connectivity index (χ0n) is 16.3. The molecule has 0 saturated heterocycles. The highest BCUT2D eigenvalue weighted by atomic mass is 32.1. The van der Waals surface area contributed by atoms with E-state index in [1.54, 1.807) is 29.5 Å². The van der Waals surface area contributed by atoms with Gasteiger partial charge in [-0.1, -0.05) is 50.5 Å². The summed E-state index contributed by atoms with van der Waals surface area (Å²) in [6.07, 6.45) is 7.41. The molecule has 0 amide bonds. The van der Waals surface area contributed by atoms with E-state index in [0.29, 0.717) is 5.22 Å². The van der Waals surface area contributed by atoms with Crippen LogP contribution in [-0.4, -0.2) is 0 Å². The molecule has 0 spiro atoms. The minimum absolute atomic E-state index is 0.0308. The maximum atomic E-state index is 9.20. The molecule has 2 aromatic rings. The standard InChI is InChI=1S/C24H20N4S/c1-2-3-4-5-6-18-12-24(29-17-18)23(11-19(13-25)14-26)21-9-7-20(8-10-21)22(15-27)16-28/h7-12,17H,2-6H2,1H3. The highest BCUT2D eigenvalue weighted by molar-refractivity contribution is 7.11. The van der Waals surface area contributed by atoms with E-state index in [1.165, 1.54) is 24.8 Å². The average molecular weight is 397 g/mol. The van der Waals surface area contributed by atoms with Crippen LogP contribution < -0.4 is 10.4 Å². The number of nitriles is 4. The van der Waals surface area contributed by atoms with Crippen LogP contribution in [0.25, 0.3) is 11.1 Å². The van der Waals surface area contributed by atoms with Crippen LogP contribution in [0.3, 0.4) is 0 Å². The van der Waals surface area contributed by atoms with E-state index in [1.807, 2.05) is 36.4 Å². The molecule has 0 unspecified atom stereocenters. The lowest BCUT2D eigenvalue weighted by molar-refractivity contribution is 0.667. The lowest BCUT2D eigenvalue weighted by Crippen LogP contribution is -2.12. The van der Waals surface area contributed by atoms with Gasteiger partial charge in [0.2, 0.25) is 0 Å². The zero-order valence-corrected chi connectivity index (χ0v) is 17.1. The molecular weight excluding hydrogens is 376 g/mol. The van der Waals surface area contributed by atoms with Crippen LogP contribution in [0.1, 0.15) is 43.0 Å². The van der Waals surface area contributed by atoms with E-state index in [-0.39, 0.29) is 11.1 Å². The molecule has 0 atom stereocenters. The predicted molar refractivity (Wildman–Crippen MR) is 114 cm³/mol. The van der Waals surface area contributed by atoms with E-state index < -0.39 is 0 Å². The molecule has 1 heterocycles. The summed E-state index contributed by atoms with van der Waals surface area (Å²) in [6, 6.07) is 16.8. The summed E-state index contributed by atoms with van der Waals surface area (Å²) in [4.78, 5) is 0.982. The number of hydrogen-bond donors (Lipinski definition) is 0. The molecule has 0 bridgehead atoms. The molecular formula is C24H20N4S. The van der Waals surface area contributed by atoms with E-state index in [2.05, 4.69) is 18.4 Å². The van der Waals surface area contributed by atoms with Gasteiger partial charge in [0.15, 0.2) is 0 Å². The number of aryl methyl sites for hydroxylation is 1. The van der Waals surface area contributed by atoms with Gasteiger partial charge in [-0.25, -0.2) is 0 Å². The first kappa shape index (κ1) is 21.7. The average Bonchev–Trinajstić information content (AvgIpc) is 3.22. The minimum atomic E-state index is 0.0308. The Morgan fingerprint density at radius 1 is 0.897 bits per heavy atom. The van der Waals surface area contributed by atoms with E-state index >= 15 is 0 Å². The van der Waals surface area contributed by atoms with Gasteiger partial charge in [0.1, 0.15) is 35.4 Å². The van der Waals surface area contributed by atoms with Crippen molar-refractivity contribution in [3.05, 3.63) is 68.2 Å². The number of thiophene rings is 1. The fourth-order valence-corrected chi connectivity index (χ4v) is 3.89. The van der Waals surface area contributed by atoms with Crippen LogP contribution in [0.5, 0.6) is 0 Å². The Morgan fingerprint density at radius 2 is 1.55 bits per heavy atom. The van der Waals surface area contributed by atoms with Crippen molar-refractivity contribution in [1.82, 2.24) is 0 Å². The van der Waals surface area contributed by atoms with Gasteiger partial charge in [0, 0.05) is 15.7 Å². The third kappa shape index (κ3) is 5.92. The lowest BCUT2D eigenvalue weighted by Gasteiger charge is -2.00. The van der Waals surface area contributed by atoms with Crippen LogP contribution in [-0.2, 0) is 6.42 Å². The summed E-state index contributed by atoms with van der Waals surface area (Å²) in [7, 11) is 0. The molecule has 1 aromatic heterocycles. The van der Waals surface area contributed by atoms with Crippen LogP contribution >= 0.6 is 11.3 Å². The molecule has 0 aliphatic heterocycles. The molecule has 0 fully saturated rings. The molecule has 0 aliphatic carbocycles. The van der Waals surface area contributed by atoms with Gasteiger partial charge < -0.3 is 0 Å². The first-order valence-corrected chi connectivity index (χ1v) is 10.3. The quantitative estimate of drug-likeness (QED) is 0.516. The number of unbranched alkanes of at least 4 members (excludes halogenated alkanes) is 3. The van der Waals surface area contributed by atoms with E-state index in [0.717, 1.165) is 28.5 Å². The fourth-order valence-electron chi connectivity index (χ4n) is 2.90. The molecule has 0 N–H and O–H groups in total. The Labute approximate surface area is 175 Å². The number of rotatable bonds is 7. The molecule has 5 heteroatoms. The molecule has 29 heavy (non-hydrogen) atoms. The Bertz CT molecular complexity index is 1130. The van der Waals surface area contributed by atoms with Crippen LogP contribution in [0.2, 0.25) is 0 Å². The van der Waals surface area contributed by atoms with Crippen molar-refractivity contribution >= 4 is 22.5 Å². The Kier molecular flexibility index (Phi) is 8.41. The minimum Gasteiger partial charge on any atom is -0.192 e. The Balaban J connectivity index is 2.53. The predicted octanol–water partition coefficient (Wildman–Crippen LogP) is 4.24.